The molecule has 0 radical (unpaired) electrons. The van der Waals surface area contributed by atoms with E-state index in [0.717, 1.165) is 25.2 Å². The molecular weight excluding hydrogens is 297 g/mol. The molecule has 2 N–H and O–H groups in total. The monoisotopic (exact) mass is 317 g/mol. The van der Waals surface area contributed by atoms with Crippen molar-refractivity contribution in [3.8, 4) is 0 Å². The second kappa shape index (κ2) is 8.47. The Morgan fingerprint density at radius 2 is 2.15 bits per heavy atom. The van der Waals surface area contributed by atoms with E-state index in [-0.39, 0.29) is 18.3 Å². The molecule has 1 atom stereocenters. The largest absolute Gasteiger partial charge is 0.351 e. The number of nitrogens with one attached hydrogen (secondary N) is 2. The molecule has 0 aliphatic carbocycles. The molecule has 0 spiro atoms. The quantitative estimate of drug-likeness (QED) is 0.888. The number of piperazine rings is 1. The van der Waals surface area contributed by atoms with Gasteiger partial charge in [-0.1, -0.05) is 23.7 Å². The van der Waals surface area contributed by atoms with Crippen LogP contribution in [0.4, 0.5) is 0 Å². The van der Waals surface area contributed by atoms with E-state index in [0.29, 0.717) is 24.2 Å². The van der Waals surface area contributed by atoms with Crippen LogP contribution in [0.15, 0.2) is 24.3 Å². The molecule has 1 aliphatic rings. The Kier molecular flexibility index (Phi) is 7.30. The Hall–Kier alpha value is -0.810. The smallest absolute Gasteiger partial charge is 0.234 e. The number of rotatable bonds is 4. The molecular formula is C14H21Cl2N3O. The highest BCUT2D eigenvalue weighted by molar-refractivity contribution is 6.30. The van der Waals surface area contributed by atoms with Crippen LogP contribution >= 0.6 is 24.0 Å². The van der Waals surface area contributed by atoms with Crippen molar-refractivity contribution in [1.82, 2.24) is 15.5 Å². The van der Waals surface area contributed by atoms with E-state index >= 15 is 0 Å². The predicted molar refractivity (Wildman–Crippen MR) is 84.5 cm³/mol. The molecule has 1 aromatic carbocycles. The summed E-state index contributed by atoms with van der Waals surface area (Å²) in [6, 6.07) is 7.93. The van der Waals surface area contributed by atoms with Crippen molar-refractivity contribution in [1.29, 1.82) is 0 Å². The Morgan fingerprint density at radius 3 is 2.80 bits per heavy atom. The lowest BCUT2D eigenvalue weighted by atomic mass is 10.2. The first-order valence-corrected chi connectivity index (χ1v) is 6.99. The third kappa shape index (κ3) is 5.29. The average molecular weight is 318 g/mol. The molecule has 0 bridgehead atoms. The zero-order chi connectivity index (χ0) is 13.7. The second-order valence-corrected chi connectivity index (χ2v) is 5.36. The van der Waals surface area contributed by atoms with Gasteiger partial charge in [0, 0.05) is 37.2 Å². The van der Waals surface area contributed by atoms with Crippen LogP contribution in [0.3, 0.4) is 0 Å². The predicted octanol–water partition coefficient (Wildman–Crippen LogP) is 1.67. The highest BCUT2D eigenvalue weighted by Gasteiger charge is 2.19. The molecule has 20 heavy (non-hydrogen) atoms. The van der Waals surface area contributed by atoms with E-state index in [1.807, 2.05) is 24.3 Å². The van der Waals surface area contributed by atoms with Gasteiger partial charge in [-0.3, -0.25) is 9.69 Å². The molecule has 1 heterocycles. The van der Waals surface area contributed by atoms with Gasteiger partial charge in [0.1, 0.15) is 0 Å². The first kappa shape index (κ1) is 17.2. The van der Waals surface area contributed by atoms with Crippen molar-refractivity contribution in [2.24, 2.45) is 0 Å². The number of nitrogens with zero attached hydrogens (tertiary/aromatic N) is 1. The van der Waals surface area contributed by atoms with Gasteiger partial charge in [0.05, 0.1) is 6.54 Å². The van der Waals surface area contributed by atoms with E-state index in [1.165, 1.54) is 0 Å². The van der Waals surface area contributed by atoms with Crippen molar-refractivity contribution < 1.29 is 4.79 Å². The summed E-state index contributed by atoms with van der Waals surface area (Å²) in [5, 5.41) is 6.97. The van der Waals surface area contributed by atoms with E-state index in [4.69, 9.17) is 11.6 Å². The zero-order valence-electron chi connectivity index (χ0n) is 11.6. The number of amides is 1. The maximum atomic E-state index is 11.9. The molecule has 0 saturated carbocycles. The van der Waals surface area contributed by atoms with Gasteiger partial charge in [-0.2, -0.15) is 0 Å². The Balaban J connectivity index is 0.00000200. The average Bonchev–Trinajstić information content (AvgIpc) is 2.41. The number of hydrogen-bond donors (Lipinski definition) is 2. The Labute approximate surface area is 131 Å². The zero-order valence-corrected chi connectivity index (χ0v) is 13.1. The van der Waals surface area contributed by atoms with E-state index in [1.54, 1.807) is 0 Å². The van der Waals surface area contributed by atoms with Crippen LogP contribution in [0.25, 0.3) is 0 Å². The van der Waals surface area contributed by atoms with E-state index in [2.05, 4.69) is 22.5 Å². The van der Waals surface area contributed by atoms with Crippen LogP contribution in [-0.4, -0.2) is 43.0 Å². The van der Waals surface area contributed by atoms with Crippen LogP contribution in [0.2, 0.25) is 5.02 Å². The lowest BCUT2D eigenvalue weighted by Gasteiger charge is -2.33. The van der Waals surface area contributed by atoms with Gasteiger partial charge in [-0.05, 0) is 24.6 Å². The summed E-state index contributed by atoms with van der Waals surface area (Å²) < 4.78 is 0. The summed E-state index contributed by atoms with van der Waals surface area (Å²) in [5.41, 5.74) is 1.06. The molecule has 0 aromatic heterocycles. The molecule has 1 amide bonds. The van der Waals surface area contributed by atoms with Crippen molar-refractivity contribution in [2.45, 2.75) is 19.5 Å². The number of benzene rings is 1. The van der Waals surface area contributed by atoms with E-state index < -0.39 is 0 Å². The molecule has 1 saturated heterocycles. The second-order valence-electron chi connectivity index (χ2n) is 4.93. The summed E-state index contributed by atoms with van der Waals surface area (Å²) in [5.74, 6) is 0.0729. The third-order valence-electron chi connectivity index (χ3n) is 3.39. The topological polar surface area (TPSA) is 44.4 Å². The van der Waals surface area contributed by atoms with Gasteiger partial charge in [0.25, 0.3) is 0 Å². The lowest BCUT2D eigenvalue weighted by Crippen LogP contribution is -2.52. The molecule has 1 aromatic rings. The summed E-state index contributed by atoms with van der Waals surface area (Å²) >= 11 is 5.82. The van der Waals surface area contributed by atoms with Gasteiger partial charge < -0.3 is 10.6 Å². The summed E-state index contributed by atoms with van der Waals surface area (Å²) in [7, 11) is 0. The number of halogens is 2. The fourth-order valence-corrected chi connectivity index (χ4v) is 2.29. The molecule has 1 fully saturated rings. The van der Waals surface area contributed by atoms with Crippen molar-refractivity contribution in [3.63, 3.8) is 0 Å². The SMILES string of the molecule is C[C@H]1CNCCN1CC(=O)NCc1ccc(Cl)cc1.Cl. The maximum Gasteiger partial charge on any atom is 0.234 e. The van der Waals surface area contributed by atoms with Gasteiger partial charge >= 0.3 is 0 Å². The Morgan fingerprint density at radius 1 is 1.45 bits per heavy atom. The minimum absolute atomic E-state index is 0. The van der Waals surface area contributed by atoms with Crippen LogP contribution in [0, 0.1) is 0 Å². The number of carbonyl (C=O) groups excluding carboxylic acids is 1. The standard InChI is InChI=1S/C14H20ClN3O.ClH/c1-11-8-16-6-7-18(11)10-14(19)17-9-12-2-4-13(15)5-3-12;/h2-5,11,16H,6-10H2,1H3,(H,17,19);1H/t11-;/m0./s1. The summed E-state index contributed by atoms with van der Waals surface area (Å²) in [6.45, 7) is 5.99. The van der Waals surface area contributed by atoms with Gasteiger partial charge in [0.15, 0.2) is 0 Å². The molecule has 2 rings (SSSR count). The third-order valence-corrected chi connectivity index (χ3v) is 3.64. The minimum atomic E-state index is 0. The summed E-state index contributed by atoms with van der Waals surface area (Å²) in [4.78, 5) is 14.1. The van der Waals surface area contributed by atoms with Crippen LogP contribution < -0.4 is 10.6 Å². The molecule has 0 unspecified atom stereocenters. The Bertz CT molecular complexity index is 425. The first-order valence-electron chi connectivity index (χ1n) is 6.61. The molecule has 1 aliphatic heterocycles. The molecule has 112 valence electrons. The molecule has 6 heteroatoms. The number of carbonyl (C=O) groups is 1. The highest BCUT2D eigenvalue weighted by Crippen LogP contribution is 2.09. The van der Waals surface area contributed by atoms with Crippen LogP contribution in [-0.2, 0) is 11.3 Å². The van der Waals surface area contributed by atoms with Gasteiger partial charge in [-0.25, -0.2) is 0 Å². The van der Waals surface area contributed by atoms with Crippen LogP contribution in [0.1, 0.15) is 12.5 Å². The normalized spacial score (nSPS) is 19.2. The van der Waals surface area contributed by atoms with Gasteiger partial charge in [0.2, 0.25) is 5.91 Å². The first-order chi connectivity index (χ1) is 9.15. The fraction of sp³-hybridized carbons (Fsp3) is 0.500. The van der Waals surface area contributed by atoms with Crippen molar-refractivity contribution >= 4 is 29.9 Å². The lowest BCUT2D eigenvalue weighted by molar-refractivity contribution is -0.123. The summed E-state index contributed by atoms with van der Waals surface area (Å²) in [6.07, 6.45) is 0. The maximum absolute atomic E-state index is 11.9. The van der Waals surface area contributed by atoms with Crippen molar-refractivity contribution in [2.75, 3.05) is 26.2 Å². The van der Waals surface area contributed by atoms with Crippen LogP contribution in [0.5, 0.6) is 0 Å². The minimum Gasteiger partial charge on any atom is -0.351 e. The highest BCUT2D eigenvalue weighted by atomic mass is 35.5. The number of hydrogen-bond acceptors (Lipinski definition) is 3. The van der Waals surface area contributed by atoms with Gasteiger partial charge in [-0.15, -0.1) is 12.4 Å². The van der Waals surface area contributed by atoms with Crippen molar-refractivity contribution in [3.05, 3.63) is 34.9 Å². The van der Waals surface area contributed by atoms with E-state index in [9.17, 15) is 4.79 Å². The fourth-order valence-electron chi connectivity index (χ4n) is 2.16. The molecule has 4 nitrogen and oxygen atoms in total.